The highest BCUT2D eigenvalue weighted by Gasteiger charge is 2.37. The second kappa shape index (κ2) is 7.80. The molecule has 0 saturated carbocycles. The van der Waals surface area contributed by atoms with Crippen LogP contribution in [0.25, 0.3) is 0 Å². The average Bonchev–Trinajstić information content (AvgIpc) is 2.99. The Hall–Kier alpha value is -3.21. The zero-order chi connectivity index (χ0) is 19.5. The van der Waals surface area contributed by atoms with Gasteiger partial charge in [-0.05, 0) is 56.4 Å². The van der Waals surface area contributed by atoms with Crippen molar-refractivity contribution in [2.45, 2.75) is 32.1 Å². The van der Waals surface area contributed by atoms with Gasteiger partial charge in [0.2, 0.25) is 0 Å². The fourth-order valence-electron chi connectivity index (χ4n) is 3.83. The minimum absolute atomic E-state index is 0.274. The summed E-state index contributed by atoms with van der Waals surface area (Å²) in [6.07, 6.45) is 7.77. The molecule has 2 aromatic rings. The molecule has 0 aromatic heterocycles. The van der Waals surface area contributed by atoms with E-state index in [2.05, 4.69) is 11.4 Å². The van der Waals surface area contributed by atoms with E-state index in [1.54, 1.807) is 48.5 Å². The molecule has 5 nitrogen and oxygen atoms in total. The minimum atomic E-state index is -0.395. The summed E-state index contributed by atoms with van der Waals surface area (Å²) in [7, 11) is 0. The Kier molecular flexibility index (Phi) is 5.06. The Morgan fingerprint density at radius 3 is 2.29 bits per heavy atom. The number of benzene rings is 2. The van der Waals surface area contributed by atoms with E-state index < -0.39 is 11.8 Å². The molecule has 2 aliphatic rings. The predicted molar refractivity (Wildman–Crippen MR) is 108 cm³/mol. The number of nitrogens with one attached hydrogen (secondary N) is 1. The minimum Gasteiger partial charge on any atom is -0.352 e. The van der Waals surface area contributed by atoms with Gasteiger partial charge in [0.15, 0.2) is 0 Å². The lowest BCUT2D eigenvalue weighted by Crippen LogP contribution is -2.33. The molecule has 4 rings (SSSR count). The molecule has 0 fully saturated rings. The van der Waals surface area contributed by atoms with E-state index in [9.17, 15) is 14.4 Å². The summed E-state index contributed by atoms with van der Waals surface area (Å²) < 4.78 is 0. The number of allylic oxidation sites excluding steroid dienone is 1. The standard InChI is InChI=1S/C23H22N2O3/c26-21(24-15-14-16-8-2-1-3-9-16)19-12-6-7-13-20(19)25-22(27)17-10-4-5-11-18(17)23(25)28/h4-8,10-13H,1-3,9,14-15H2,(H,24,26). The number of carbonyl (C=O) groups excluding carboxylic acids is 3. The Bertz CT molecular complexity index is 942. The molecule has 5 heteroatoms. The Labute approximate surface area is 164 Å². The van der Waals surface area contributed by atoms with Crippen molar-refractivity contribution < 1.29 is 14.4 Å². The van der Waals surface area contributed by atoms with Crippen LogP contribution in [0.3, 0.4) is 0 Å². The van der Waals surface area contributed by atoms with Crippen molar-refractivity contribution in [2.75, 3.05) is 11.4 Å². The maximum Gasteiger partial charge on any atom is 0.266 e. The predicted octanol–water partition coefficient (Wildman–Crippen LogP) is 4.11. The Morgan fingerprint density at radius 2 is 1.61 bits per heavy atom. The van der Waals surface area contributed by atoms with Crippen LogP contribution in [0.15, 0.2) is 60.2 Å². The largest absolute Gasteiger partial charge is 0.352 e. The molecule has 1 N–H and O–H groups in total. The van der Waals surface area contributed by atoms with E-state index in [1.165, 1.54) is 18.4 Å². The number of rotatable bonds is 5. The van der Waals surface area contributed by atoms with E-state index in [0.29, 0.717) is 28.9 Å². The summed E-state index contributed by atoms with van der Waals surface area (Å²) in [5, 5.41) is 2.93. The van der Waals surface area contributed by atoms with Gasteiger partial charge in [0.05, 0.1) is 22.4 Å². The maximum absolute atomic E-state index is 12.8. The fourth-order valence-corrected chi connectivity index (χ4v) is 3.83. The third-order valence-electron chi connectivity index (χ3n) is 5.30. The van der Waals surface area contributed by atoms with Crippen LogP contribution in [-0.4, -0.2) is 24.3 Å². The lowest BCUT2D eigenvalue weighted by Gasteiger charge is -2.18. The van der Waals surface area contributed by atoms with Gasteiger partial charge in [-0.3, -0.25) is 14.4 Å². The SMILES string of the molecule is O=C(NCCC1=CCCCC1)c1ccccc1N1C(=O)c2ccccc2C1=O. The second-order valence-electron chi connectivity index (χ2n) is 7.12. The number of anilines is 1. The van der Waals surface area contributed by atoms with Crippen molar-refractivity contribution in [3.63, 3.8) is 0 Å². The first-order chi connectivity index (χ1) is 13.7. The van der Waals surface area contributed by atoms with E-state index in [-0.39, 0.29) is 5.91 Å². The number of nitrogens with zero attached hydrogens (tertiary/aromatic N) is 1. The molecule has 142 valence electrons. The molecular weight excluding hydrogens is 352 g/mol. The maximum atomic E-state index is 12.8. The van der Waals surface area contributed by atoms with E-state index in [1.807, 2.05) is 0 Å². The van der Waals surface area contributed by atoms with Crippen molar-refractivity contribution in [3.05, 3.63) is 76.9 Å². The summed E-state index contributed by atoms with van der Waals surface area (Å²) in [6, 6.07) is 13.5. The average molecular weight is 374 g/mol. The first kappa shape index (κ1) is 18.2. The van der Waals surface area contributed by atoms with Gasteiger partial charge < -0.3 is 5.32 Å². The molecular formula is C23H22N2O3. The van der Waals surface area contributed by atoms with Crippen molar-refractivity contribution in [1.29, 1.82) is 0 Å². The number of hydrogen-bond donors (Lipinski definition) is 1. The first-order valence-electron chi connectivity index (χ1n) is 9.70. The number of hydrogen-bond acceptors (Lipinski definition) is 3. The molecule has 1 heterocycles. The number of carbonyl (C=O) groups is 3. The van der Waals surface area contributed by atoms with E-state index >= 15 is 0 Å². The second-order valence-corrected chi connectivity index (χ2v) is 7.12. The van der Waals surface area contributed by atoms with Crippen molar-refractivity contribution in [3.8, 4) is 0 Å². The zero-order valence-electron chi connectivity index (χ0n) is 15.6. The van der Waals surface area contributed by atoms with Gasteiger partial charge in [0.25, 0.3) is 17.7 Å². The van der Waals surface area contributed by atoms with Gasteiger partial charge in [-0.1, -0.05) is 35.9 Å². The monoisotopic (exact) mass is 374 g/mol. The topological polar surface area (TPSA) is 66.5 Å². The van der Waals surface area contributed by atoms with Crippen molar-refractivity contribution in [2.24, 2.45) is 0 Å². The van der Waals surface area contributed by atoms with Crippen LogP contribution >= 0.6 is 0 Å². The smallest absolute Gasteiger partial charge is 0.266 e. The molecule has 2 aromatic carbocycles. The molecule has 1 aliphatic heterocycles. The van der Waals surface area contributed by atoms with E-state index in [0.717, 1.165) is 24.2 Å². The lowest BCUT2D eigenvalue weighted by atomic mass is 9.97. The van der Waals surface area contributed by atoms with Crippen molar-refractivity contribution >= 4 is 23.4 Å². The van der Waals surface area contributed by atoms with Crippen LogP contribution < -0.4 is 10.2 Å². The van der Waals surface area contributed by atoms with Gasteiger partial charge in [0, 0.05) is 6.54 Å². The van der Waals surface area contributed by atoms with E-state index in [4.69, 9.17) is 0 Å². The summed E-state index contributed by atoms with van der Waals surface area (Å²) in [5.74, 6) is -1.06. The highest BCUT2D eigenvalue weighted by atomic mass is 16.2. The van der Waals surface area contributed by atoms with Gasteiger partial charge in [-0.25, -0.2) is 4.90 Å². The first-order valence-corrected chi connectivity index (χ1v) is 9.70. The highest BCUT2D eigenvalue weighted by molar-refractivity contribution is 6.35. The number of imide groups is 1. The lowest BCUT2D eigenvalue weighted by molar-refractivity contribution is 0.0926. The third-order valence-corrected chi connectivity index (χ3v) is 5.30. The van der Waals surface area contributed by atoms with Crippen LogP contribution in [0.2, 0.25) is 0 Å². The third kappa shape index (κ3) is 3.36. The molecule has 28 heavy (non-hydrogen) atoms. The number of amides is 3. The van der Waals surface area contributed by atoms with Crippen molar-refractivity contribution in [1.82, 2.24) is 5.32 Å². The van der Waals surface area contributed by atoms with Gasteiger partial charge in [-0.2, -0.15) is 0 Å². The molecule has 1 aliphatic carbocycles. The summed E-state index contributed by atoms with van der Waals surface area (Å²) >= 11 is 0. The van der Waals surface area contributed by atoms with Crippen LogP contribution in [0.1, 0.15) is 63.2 Å². The molecule has 0 saturated heterocycles. The molecule has 0 atom stereocenters. The van der Waals surface area contributed by atoms with Crippen LogP contribution in [0.5, 0.6) is 0 Å². The van der Waals surface area contributed by atoms with Gasteiger partial charge in [-0.15, -0.1) is 0 Å². The molecule has 0 unspecified atom stereocenters. The Morgan fingerprint density at radius 1 is 0.929 bits per heavy atom. The fraction of sp³-hybridized carbons (Fsp3) is 0.261. The highest BCUT2D eigenvalue weighted by Crippen LogP contribution is 2.30. The van der Waals surface area contributed by atoms with Crippen LogP contribution in [0.4, 0.5) is 5.69 Å². The van der Waals surface area contributed by atoms with Crippen LogP contribution in [0, 0.1) is 0 Å². The summed E-state index contributed by atoms with van der Waals surface area (Å²) in [6.45, 7) is 0.543. The Balaban J connectivity index is 1.53. The zero-order valence-corrected chi connectivity index (χ0v) is 15.6. The molecule has 0 bridgehead atoms. The van der Waals surface area contributed by atoms with Crippen LogP contribution in [-0.2, 0) is 0 Å². The number of fused-ring (bicyclic) bond motifs is 1. The normalized spacial score (nSPS) is 16.0. The van der Waals surface area contributed by atoms with Gasteiger partial charge in [0.1, 0.15) is 0 Å². The molecule has 3 amide bonds. The molecule has 0 spiro atoms. The summed E-state index contributed by atoms with van der Waals surface area (Å²) in [4.78, 5) is 39.4. The molecule has 0 radical (unpaired) electrons. The summed E-state index contributed by atoms with van der Waals surface area (Å²) in [5.41, 5.74) is 2.77. The quantitative estimate of drug-likeness (QED) is 0.633. The van der Waals surface area contributed by atoms with Gasteiger partial charge >= 0.3 is 0 Å². The number of para-hydroxylation sites is 1.